The van der Waals surface area contributed by atoms with E-state index in [0.717, 1.165) is 5.56 Å². The lowest BCUT2D eigenvalue weighted by Gasteiger charge is -2.11. The molecule has 0 aliphatic heterocycles. The molecular weight excluding hydrogens is 401 g/mol. The highest BCUT2D eigenvalue weighted by Crippen LogP contribution is 2.29. The lowest BCUT2D eigenvalue weighted by molar-refractivity contribution is 0.101. The van der Waals surface area contributed by atoms with Gasteiger partial charge in [-0.2, -0.15) is 10.2 Å². The van der Waals surface area contributed by atoms with Gasteiger partial charge >= 0.3 is 0 Å². The minimum atomic E-state index is -0.756. The molecule has 0 spiro atoms. The van der Waals surface area contributed by atoms with Gasteiger partial charge in [0.15, 0.2) is 11.5 Å². The molecule has 2 N–H and O–H groups in total. The molecule has 0 unspecified atom stereocenters. The lowest BCUT2D eigenvalue weighted by atomic mass is 10.1. The van der Waals surface area contributed by atoms with E-state index in [1.54, 1.807) is 38.3 Å². The number of carbonyl (C=O) groups excluding carboxylic acids is 1. The van der Waals surface area contributed by atoms with E-state index in [0.29, 0.717) is 17.1 Å². The molecule has 4 rings (SSSR count). The van der Waals surface area contributed by atoms with Crippen molar-refractivity contribution in [2.24, 2.45) is 0 Å². The third-order valence-electron chi connectivity index (χ3n) is 4.62. The SMILES string of the molecule is COc1ccccc1-c1cc(NC(=O)c2nn(-c3ccccc3F)c(C)cc2=O)n[nH]1. The van der Waals surface area contributed by atoms with E-state index in [1.807, 2.05) is 18.2 Å². The first-order valence-corrected chi connectivity index (χ1v) is 9.34. The fourth-order valence-corrected chi connectivity index (χ4v) is 3.14. The second-order valence-corrected chi connectivity index (χ2v) is 6.68. The van der Waals surface area contributed by atoms with Crippen molar-refractivity contribution in [1.29, 1.82) is 0 Å². The number of anilines is 1. The minimum Gasteiger partial charge on any atom is -0.496 e. The molecule has 2 aromatic carbocycles. The third kappa shape index (κ3) is 3.93. The maximum Gasteiger partial charge on any atom is 0.281 e. The normalized spacial score (nSPS) is 10.7. The summed E-state index contributed by atoms with van der Waals surface area (Å²) in [6.45, 7) is 1.61. The van der Waals surface area contributed by atoms with Crippen molar-refractivity contribution in [3.05, 3.63) is 88.1 Å². The average molecular weight is 419 g/mol. The third-order valence-corrected chi connectivity index (χ3v) is 4.62. The number of ether oxygens (including phenoxy) is 1. The zero-order valence-electron chi connectivity index (χ0n) is 16.7. The van der Waals surface area contributed by atoms with Crippen LogP contribution in [0.15, 0.2) is 65.5 Å². The number of para-hydroxylation sites is 2. The number of H-pyrrole nitrogens is 1. The van der Waals surface area contributed by atoms with Crippen molar-refractivity contribution in [3.8, 4) is 22.7 Å². The van der Waals surface area contributed by atoms with Gasteiger partial charge in [-0.1, -0.05) is 24.3 Å². The van der Waals surface area contributed by atoms with Crippen LogP contribution in [-0.2, 0) is 0 Å². The van der Waals surface area contributed by atoms with Crippen LogP contribution in [0.25, 0.3) is 16.9 Å². The number of methoxy groups -OCH3 is 1. The van der Waals surface area contributed by atoms with Crippen LogP contribution in [0.4, 0.5) is 10.2 Å². The van der Waals surface area contributed by atoms with E-state index in [4.69, 9.17) is 4.74 Å². The number of halogens is 1. The molecule has 2 aromatic heterocycles. The van der Waals surface area contributed by atoms with E-state index < -0.39 is 17.2 Å². The summed E-state index contributed by atoms with van der Waals surface area (Å²) in [5, 5.41) is 13.5. The molecule has 2 heterocycles. The highest BCUT2D eigenvalue weighted by atomic mass is 19.1. The van der Waals surface area contributed by atoms with Gasteiger partial charge in [-0.05, 0) is 31.2 Å². The zero-order chi connectivity index (χ0) is 22.0. The van der Waals surface area contributed by atoms with E-state index >= 15 is 0 Å². The van der Waals surface area contributed by atoms with Gasteiger partial charge in [-0.25, -0.2) is 9.07 Å². The van der Waals surface area contributed by atoms with Gasteiger partial charge in [0.1, 0.15) is 17.3 Å². The van der Waals surface area contributed by atoms with Crippen molar-refractivity contribution in [1.82, 2.24) is 20.0 Å². The highest BCUT2D eigenvalue weighted by molar-refractivity contribution is 6.02. The number of hydrogen-bond acceptors (Lipinski definition) is 5. The molecule has 4 aromatic rings. The van der Waals surface area contributed by atoms with Crippen LogP contribution in [-0.4, -0.2) is 33.0 Å². The molecule has 0 aliphatic rings. The summed E-state index contributed by atoms with van der Waals surface area (Å²) in [5.41, 5.74) is 0.942. The molecule has 31 heavy (non-hydrogen) atoms. The number of aryl methyl sites for hydroxylation is 1. The molecule has 0 saturated carbocycles. The summed E-state index contributed by atoms with van der Waals surface area (Å²) in [6.07, 6.45) is 0. The van der Waals surface area contributed by atoms with Crippen LogP contribution in [0.1, 0.15) is 16.2 Å². The fraction of sp³-hybridized carbons (Fsp3) is 0.0909. The minimum absolute atomic E-state index is 0.132. The zero-order valence-corrected chi connectivity index (χ0v) is 16.7. The summed E-state index contributed by atoms with van der Waals surface area (Å²) in [5.74, 6) is -0.447. The molecule has 0 bridgehead atoms. The number of amides is 1. The van der Waals surface area contributed by atoms with E-state index in [-0.39, 0.29) is 17.2 Å². The van der Waals surface area contributed by atoms with Crippen molar-refractivity contribution in [3.63, 3.8) is 0 Å². The first kappa shape index (κ1) is 20.0. The van der Waals surface area contributed by atoms with Gasteiger partial charge in [0, 0.05) is 23.4 Å². The Morgan fingerprint density at radius 2 is 1.87 bits per heavy atom. The number of hydrogen-bond donors (Lipinski definition) is 2. The van der Waals surface area contributed by atoms with Gasteiger partial charge in [-0.3, -0.25) is 14.7 Å². The monoisotopic (exact) mass is 419 g/mol. The van der Waals surface area contributed by atoms with Crippen LogP contribution in [0.2, 0.25) is 0 Å². The van der Waals surface area contributed by atoms with E-state index in [9.17, 15) is 14.0 Å². The van der Waals surface area contributed by atoms with Crippen LogP contribution < -0.4 is 15.5 Å². The Kier molecular flexibility index (Phi) is 5.31. The summed E-state index contributed by atoms with van der Waals surface area (Å²) >= 11 is 0. The largest absolute Gasteiger partial charge is 0.496 e. The molecule has 8 nitrogen and oxygen atoms in total. The Morgan fingerprint density at radius 1 is 1.13 bits per heavy atom. The van der Waals surface area contributed by atoms with Crippen molar-refractivity contribution >= 4 is 11.7 Å². The molecule has 0 atom stereocenters. The first-order chi connectivity index (χ1) is 15.0. The molecule has 0 fully saturated rings. The lowest BCUT2D eigenvalue weighted by Crippen LogP contribution is -2.27. The molecule has 9 heteroatoms. The molecular formula is C22H18FN5O3. The number of carbonyl (C=O) groups is 1. The predicted molar refractivity (Wildman–Crippen MR) is 113 cm³/mol. The molecule has 0 aliphatic carbocycles. The van der Waals surface area contributed by atoms with Crippen molar-refractivity contribution in [2.45, 2.75) is 6.92 Å². The second kappa shape index (κ2) is 8.23. The quantitative estimate of drug-likeness (QED) is 0.517. The van der Waals surface area contributed by atoms with E-state index in [1.165, 1.54) is 22.9 Å². The maximum atomic E-state index is 14.2. The number of nitrogens with zero attached hydrogens (tertiary/aromatic N) is 3. The molecule has 0 saturated heterocycles. The Labute approximate surface area is 176 Å². The van der Waals surface area contributed by atoms with E-state index in [2.05, 4.69) is 20.6 Å². The number of benzene rings is 2. The summed E-state index contributed by atoms with van der Waals surface area (Å²) < 4.78 is 20.7. The van der Waals surface area contributed by atoms with Gasteiger partial charge in [0.05, 0.1) is 12.8 Å². The number of aromatic nitrogens is 4. The van der Waals surface area contributed by atoms with Crippen LogP contribution in [0, 0.1) is 12.7 Å². The van der Waals surface area contributed by atoms with Crippen molar-refractivity contribution < 1.29 is 13.9 Å². The first-order valence-electron chi connectivity index (χ1n) is 9.34. The topological polar surface area (TPSA) is 102 Å². The standard InChI is InChI=1S/C22H18FN5O3/c1-13-11-18(29)21(27-28(13)17-9-5-4-8-15(17)23)22(30)24-20-12-16(25-26-20)14-7-3-6-10-19(14)31-2/h3-12H,1-2H3,(H2,24,25,26,30). The van der Waals surface area contributed by atoms with Crippen molar-refractivity contribution in [2.75, 3.05) is 12.4 Å². The van der Waals surface area contributed by atoms with Crippen LogP contribution in [0.3, 0.4) is 0 Å². The maximum absolute atomic E-state index is 14.2. The van der Waals surface area contributed by atoms with Gasteiger partial charge in [0.2, 0.25) is 5.43 Å². The molecule has 1 amide bonds. The number of rotatable bonds is 5. The Bertz CT molecular complexity index is 1330. The van der Waals surface area contributed by atoms with Gasteiger partial charge < -0.3 is 10.1 Å². The van der Waals surface area contributed by atoms with Crippen LogP contribution in [0.5, 0.6) is 5.75 Å². The second-order valence-electron chi connectivity index (χ2n) is 6.68. The summed E-state index contributed by atoms with van der Waals surface area (Å²) in [7, 11) is 1.56. The smallest absolute Gasteiger partial charge is 0.281 e. The summed E-state index contributed by atoms with van der Waals surface area (Å²) in [6, 6.07) is 16.1. The van der Waals surface area contributed by atoms with Gasteiger partial charge in [-0.15, -0.1) is 0 Å². The molecule has 156 valence electrons. The molecule has 0 radical (unpaired) electrons. The highest BCUT2D eigenvalue weighted by Gasteiger charge is 2.18. The van der Waals surface area contributed by atoms with Crippen LogP contribution >= 0.6 is 0 Å². The number of nitrogens with one attached hydrogen (secondary N) is 2. The Hall–Kier alpha value is -4.27. The Morgan fingerprint density at radius 3 is 2.65 bits per heavy atom. The number of aromatic amines is 1. The fourth-order valence-electron chi connectivity index (χ4n) is 3.14. The average Bonchev–Trinajstić information content (AvgIpc) is 3.22. The Balaban J connectivity index is 1.64. The van der Waals surface area contributed by atoms with Gasteiger partial charge in [0.25, 0.3) is 5.91 Å². The predicted octanol–water partition coefficient (Wildman–Crippen LogP) is 3.33. The summed E-state index contributed by atoms with van der Waals surface area (Å²) in [4.78, 5) is 25.1.